The Bertz CT molecular complexity index is 1550. The molecular weight excluding hydrogens is 608 g/mol. The fourth-order valence-corrected chi connectivity index (χ4v) is 6.38. The van der Waals surface area contributed by atoms with Crippen molar-refractivity contribution >= 4 is 17.8 Å². The third-order valence-corrected chi connectivity index (χ3v) is 8.96. The molecule has 1 aliphatic heterocycles. The van der Waals surface area contributed by atoms with Gasteiger partial charge in [-0.15, -0.1) is 0 Å². The highest BCUT2D eigenvalue weighted by atomic mass is 16.6. The van der Waals surface area contributed by atoms with E-state index in [2.05, 4.69) is 16.0 Å². The molecule has 1 heterocycles. The van der Waals surface area contributed by atoms with Gasteiger partial charge in [-0.05, 0) is 67.0 Å². The van der Waals surface area contributed by atoms with E-state index in [1.807, 2.05) is 91.0 Å². The van der Waals surface area contributed by atoms with Crippen LogP contribution in [0.15, 0.2) is 91.0 Å². The predicted molar refractivity (Wildman–Crippen MR) is 183 cm³/mol. The van der Waals surface area contributed by atoms with Gasteiger partial charge in [-0.2, -0.15) is 0 Å². The van der Waals surface area contributed by atoms with Crippen molar-refractivity contribution in [3.63, 3.8) is 0 Å². The summed E-state index contributed by atoms with van der Waals surface area (Å²) in [5.41, 5.74) is 3.86. The molecule has 0 aromatic heterocycles. The van der Waals surface area contributed by atoms with E-state index in [9.17, 15) is 19.5 Å². The maximum atomic E-state index is 13.7. The quantitative estimate of drug-likeness (QED) is 0.263. The average Bonchev–Trinajstić information content (AvgIpc) is 3.46. The average molecular weight is 655 g/mol. The van der Waals surface area contributed by atoms with E-state index in [-0.39, 0.29) is 43.5 Å². The number of nitrogens with one attached hydrogen (secondary N) is 3. The number of β-amino-alcohol motifs (C(OH)–C–C–N with tert-alkyl or cyclic N) is 1. The molecule has 0 spiro atoms. The second-order valence-corrected chi connectivity index (χ2v) is 12.4. The minimum atomic E-state index is -0.939. The lowest BCUT2D eigenvalue weighted by Crippen LogP contribution is -2.54. The highest BCUT2D eigenvalue weighted by Crippen LogP contribution is 2.44. The number of ether oxygens (including phenoxy) is 2. The number of carbonyl (C=O) groups is 3. The Kier molecular flexibility index (Phi) is 12.4. The first-order chi connectivity index (χ1) is 23.3. The normalized spacial score (nSPS) is 23.9. The number of hydrogen-bond donors (Lipinski definition) is 4. The molecule has 48 heavy (non-hydrogen) atoms. The minimum absolute atomic E-state index is 0.0471. The number of ketones is 1. The minimum Gasteiger partial charge on any atom is -0.497 e. The Morgan fingerprint density at radius 1 is 0.979 bits per heavy atom. The molecule has 1 aliphatic carbocycles. The van der Waals surface area contributed by atoms with Gasteiger partial charge in [-0.3, -0.25) is 14.9 Å². The number of Topliss-reactive ketones (excluding diaryl/α,β-unsaturated/α-hetero) is 1. The highest BCUT2D eigenvalue weighted by molar-refractivity contribution is 5.84. The molecule has 0 saturated carbocycles. The molecule has 1 unspecified atom stereocenters. The maximum absolute atomic E-state index is 13.7. The van der Waals surface area contributed by atoms with Crippen LogP contribution in [0.25, 0.3) is 0 Å². The summed E-state index contributed by atoms with van der Waals surface area (Å²) in [7, 11) is 1.62. The fourth-order valence-electron chi connectivity index (χ4n) is 6.38. The van der Waals surface area contributed by atoms with E-state index in [1.165, 1.54) is 6.92 Å². The van der Waals surface area contributed by atoms with Gasteiger partial charge >= 0.3 is 6.09 Å². The molecule has 2 bridgehead atoms. The van der Waals surface area contributed by atoms with Crippen LogP contribution in [0.4, 0.5) is 4.79 Å². The lowest BCUT2D eigenvalue weighted by molar-refractivity contribution is -0.124. The van der Waals surface area contributed by atoms with Crippen LogP contribution in [0.5, 0.6) is 5.75 Å². The van der Waals surface area contributed by atoms with E-state index in [4.69, 9.17) is 9.47 Å². The van der Waals surface area contributed by atoms with Gasteiger partial charge in [0, 0.05) is 19.1 Å². The summed E-state index contributed by atoms with van der Waals surface area (Å²) < 4.78 is 11.4. The van der Waals surface area contributed by atoms with Crippen LogP contribution in [-0.4, -0.2) is 72.7 Å². The summed E-state index contributed by atoms with van der Waals surface area (Å²) in [5.74, 6) is 0.322. The molecule has 254 valence electrons. The molecule has 5 rings (SSSR count). The van der Waals surface area contributed by atoms with Crippen molar-refractivity contribution in [3.8, 4) is 5.75 Å². The number of fused-ring (bicyclic) bond motifs is 5. The molecule has 10 nitrogen and oxygen atoms in total. The molecule has 3 aromatic carbocycles. The zero-order valence-corrected chi connectivity index (χ0v) is 27.6. The van der Waals surface area contributed by atoms with E-state index < -0.39 is 24.3 Å². The molecule has 0 radical (unpaired) electrons. The summed E-state index contributed by atoms with van der Waals surface area (Å²) >= 11 is 0. The van der Waals surface area contributed by atoms with E-state index >= 15 is 0 Å². The van der Waals surface area contributed by atoms with Crippen LogP contribution in [0.3, 0.4) is 0 Å². The van der Waals surface area contributed by atoms with Gasteiger partial charge in [0.2, 0.25) is 5.91 Å². The van der Waals surface area contributed by atoms with E-state index in [0.717, 1.165) is 22.3 Å². The Labute approximate surface area is 282 Å². The fraction of sp³-hybridized carbons (Fsp3) is 0.395. The third kappa shape index (κ3) is 9.31. The zero-order valence-electron chi connectivity index (χ0n) is 27.6. The molecular formula is C38H46N4O6. The smallest absolute Gasteiger partial charge is 0.410 e. The van der Waals surface area contributed by atoms with Crippen molar-refractivity contribution in [2.24, 2.45) is 0 Å². The van der Waals surface area contributed by atoms with Gasteiger partial charge in [0.05, 0.1) is 37.9 Å². The largest absolute Gasteiger partial charge is 0.497 e. The number of methoxy groups -OCH3 is 1. The van der Waals surface area contributed by atoms with E-state index in [1.54, 1.807) is 12.0 Å². The first-order valence-corrected chi connectivity index (χ1v) is 16.6. The number of nitrogens with zero attached hydrogens (tertiary/aromatic N) is 1. The number of aliphatic hydroxyl groups excluding tert-OH is 1. The summed E-state index contributed by atoms with van der Waals surface area (Å²) in [5, 5.41) is 21.3. The number of amides is 2. The van der Waals surface area contributed by atoms with Gasteiger partial charge in [0.15, 0.2) is 0 Å². The predicted octanol–water partition coefficient (Wildman–Crippen LogP) is 4.40. The Morgan fingerprint density at radius 3 is 2.42 bits per heavy atom. The van der Waals surface area contributed by atoms with E-state index in [0.29, 0.717) is 38.0 Å². The van der Waals surface area contributed by atoms with Crippen LogP contribution in [0, 0.1) is 0 Å². The lowest BCUT2D eigenvalue weighted by Gasteiger charge is -2.30. The maximum Gasteiger partial charge on any atom is 0.410 e. The second-order valence-electron chi connectivity index (χ2n) is 12.4. The van der Waals surface area contributed by atoms with Crippen LogP contribution in [0.2, 0.25) is 0 Å². The molecule has 4 N–H and O–H groups in total. The molecule has 0 fully saturated rings. The van der Waals surface area contributed by atoms with Crippen LogP contribution < -0.4 is 20.7 Å². The molecule has 2 amide bonds. The van der Waals surface area contributed by atoms with Gasteiger partial charge < -0.3 is 30.1 Å². The summed E-state index contributed by atoms with van der Waals surface area (Å²) in [6.45, 7) is 2.26. The Morgan fingerprint density at radius 2 is 1.71 bits per heavy atom. The summed E-state index contributed by atoms with van der Waals surface area (Å²) in [6.07, 6.45) is 4.37. The van der Waals surface area contributed by atoms with Gasteiger partial charge in [0.25, 0.3) is 0 Å². The first kappa shape index (κ1) is 34.8. The molecule has 0 saturated heterocycles. The summed E-state index contributed by atoms with van der Waals surface area (Å²) in [6, 6.07) is 23.4. The first-order valence-electron chi connectivity index (χ1n) is 16.6. The van der Waals surface area contributed by atoms with Crippen molar-refractivity contribution in [1.82, 2.24) is 20.9 Å². The standard InChI is InChI=1S/C38H46N4O6/c1-26(43)23-39-32-16-10-5-11-19-42(38(46)48-25-28-14-8-4-9-15-28)35-22-33(31-21-29(47-2)17-18-30(31)35)40-24-36(44)34(41-37(32)45)20-27-12-6-3-7-13-27/h3-10,12-15,17-18,21,32-36,39-40,44H,11,16,19-20,22-25H2,1-2H3,(H,41,45)/b10-5-/t32-,33-,34-,35?,36+/m0/s1. The van der Waals surface area contributed by atoms with Gasteiger partial charge in [0.1, 0.15) is 18.1 Å². The number of aliphatic hydroxyl groups is 1. The van der Waals surface area contributed by atoms with Crippen LogP contribution >= 0.6 is 0 Å². The monoisotopic (exact) mass is 654 g/mol. The van der Waals surface area contributed by atoms with Crippen molar-refractivity contribution < 1.29 is 29.0 Å². The number of benzene rings is 3. The Hall–Kier alpha value is -4.51. The molecule has 5 atom stereocenters. The zero-order chi connectivity index (χ0) is 33.9. The Balaban J connectivity index is 1.44. The number of carbonyl (C=O) groups excluding carboxylic acids is 3. The van der Waals surface area contributed by atoms with Gasteiger partial charge in [-0.1, -0.05) is 78.9 Å². The van der Waals surface area contributed by atoms with Crippen molar-refractivity contribution in [1.29, 1.82) is 0 Å². The van der Waals surface area contributed by atoms with Crippen LogP contribution in [-0.2, 0) is 27.4 Å². The van der Waals surface area contributed by atoms with Crippen molar-refractivity contribution in [3.05, 3.63) is 113 Å². The number of hydrogen-bond acceptors (Lipinski definition) is 8. The second kappa shape index (κ2) is 17.1. The molecule has 10 heteroatoms. The van der Waals surface area contributed by atoms with Crippen molar-refractivity contribution in [2.75, 3.05) is 26.7 Å². The van der Waals surface area contributed by atoms with Gasteiger partial charge in [-0.25, -0.2) is 4.79 Å². The highest BCUT2D eigenvalue weighted by Gasteiger charge is 2.38. The topological polar surface area (TPSA) is 129 Å². The lowest BCUT2D eigenvalue weighted by atomic mass is 9.99. The van der Waals surface area contributed by atoms with Crippen LogP contribution in [0.1, 0.15) is 60.5 Å². The van der Waals surface area contributed by atoms with Crippen molar-refractivity contribution in [2.45, 2.75) is 69.5 Å². The SMILES string of the molecule is COc1ccc2c(c1)[C@@H]1CC2N(C(=O)OCc2ccccc2)CC/C=C\C[C@H](NCC(C)=O)C(=O)N[C@@H](Cc2ccccc2)[C@H](O)CN1. The number of rotatable bonds is 8. The summed E-state index contributed by atoms with van der Waals surface area (Å²) in [4.78, 5) is 41.0. The third-order valence-electron chi connectivity index (χ3n) is 8.96. The molecule has 2 aliphatic rings. The molecule has 3 aromatic rings.